The Hall–Kier alpha value is -2.62. The van der Waals surface area contributed by atoms with E-state index in [-0.39, 0.29) is 23.8 Å². The summed E-state index contributed by atoms with van der Waals surface area (Å²) in [6.07, 6.45) is 0.385. The standard InChI is InChI=1S/C22H28N2O2/c1-17(2)24(18(3)25)15-14-23-22(26)16-21(19-10-6-4-7-11-19)20-12-8-5-9-13-20/h4-13,17,21H,14-16H2,1-3H3,(H,23,26). The minimum Gasteiger partial charge on any atom is -0.354 e. The van der Waals surface area contributed by atoms with Crippen molar-refractivity contribution in [1.29, 1.82) is 0 Å². The molecular weight excluding hydrogens is 324 g/mol. The van der Waals surface area contributed by atoms with Crippen LogP contribution in [0.3, 0.4) is 0 Å². The summed E-state index contributed by atoms with van der Waals surface area (Å²) >= 11 is 0. The molecule has 0 bridgehead atoms. The van der Waals surface area contributed by atoms with Crippen LogP contribution in [0.2, 0.25) is 0 Å². The quantitative estimate of drug-likeness (QED) is 0.789. The molecule has 4 nitrogen and oxygen atoms in total. The number of hydrogen-bond acceptors (Lipinski definition) is 2. The van der Waals surface area contributed by atoms with Crippen molar-refractivity contribution in [3.05, 3.63) is 71.8 Å². The van der Waals surface area contributed by atoms with Crippen LogP contribution in [-0.4, -0.2) is 35.8 Å². The fraction of sp³-hybridized carbons (Fsp3) is 0.364. The molecule has 2 rings (SSSR count). The van der Waals surface area contributed by atoms with Crippen LogP contribution >= 0.6 is 0 Å². The van der Waals surface area contributed by atoms with Crippen molar-refractivity contribution < 1.29 is 9.59 Å². The molecule has 0 fully saturated rings. The van der Waals surface area contributed by atoms with Gasteiger partial charge in [0.25, 0.3) is 0 Å². The van der Waals surface area contributed by atoms with E-state index in [1.54, 1.807) is 11.8 Å². The lowest BCUT2D eigenvalue weighted by Crippen LogP contribution is -2.41. The SMILES string of the molecule is CC(=O)N(CCNC(=O)CC(c1ccccc1)c1ccccc1)C(C)C. The molecule has 138 valence electrons. The molecular formula is C22H28N2O2. The Morgan fingerprint density at radius 2 is 1.42 bits per heavy atom. The molecule has 26 heavy (non-hydrogen) atoms. The van der Waals surface area contributed by atoms with Crippen LogP contribution in [0.25, 0.3) is 0 Å². The summed E-state index contributed by atoms with van der Waals surface area (Å²) in [5, 5.41) is 2.96. The van der Waals surface area contributed by atoms with Crippen LogP contribution in [0.15, 0.2) is 60.7 Å². The highest BCUT2D eigenvalue weighted by Crippen LogP contribution is 2.27. The molecule has 2 aromatic carbocycles. The summed E-state index contributed by atoms with van der Waals surface area (Å²) in [6.45, 7) is 6.50. The predicted molar refractivity (Wildman–Crippen MR) is 105 cm³/mol. The summed E-state index contributed by atoms with van der Waals surface area (Å²) < 4.78 is 0. The highest BCUT2D eigenvalue weighted by atomic mass is 16.2. The van der Waals surface area contributed by atoms with Crippen LogP contribution in [0.5, 0.6) is 0 Å². The van der Waals surface area contributed by atoms with Gasteiger partial charge >= 0.3 is 0 Å². The van der Waals surface area contributed by atoms with Gasteiger partial charge in [-0.3, -0.25) is 9.59 Å². The highest BCUT2D eigenvalue weighted by Gasteiger charge is 2.18. The average Bonchev–Trinajstić information content (AvgIpc) is 2.64. The van der Waals surface area contributed by atoms with Crippen LogP contribution in [0.1, 0.15) is 44.2 Å². The second-order valence-corrected chi connectivity index (χ2v) is 6.73. The molecule has 4 heteroatoms. The summed E-state index contributed by atoms with van der Waals surface area (Å²) in [7, 11) is 0. The molecule has 0 aliphatic heterocycles. The lowest BCUT2D eigenvalue weighted by Gasteiger charge is -2.25. The Morgan fingerprint density at radius 1 is 0.923 bits per heavy atom. The Balaban J connectivity index is 2.00. The lowest BCUT2D eigenvalue weighted by molar-refractivity contribution is -0.131. The number of nitrogens with zero attached hydrogens (tertiary/aromatic N) is 1. The van der Waals surface area contributed by atoms with Crippen LogP contribution in [-0.2, 0) is 9.59 Å². The fourth-order valence-corrected chi connectivity index (χ4v) is 3.15. The van der Waals surface area contributed by atoms with Gasteiger partial charge in [-0.25, -0.2) is 0 Å². The van der Waals surface area contributed by atoms with E-state index in [9.17, 15) is 9.59 Å². The zero-order valence-corrected chi connectivity index (χ0v) is 15.8. The fourth-order valence-electron chi connectivity index (χ4n) is 3.15. The zero-order valence-electron chi connectivity index (χ0n) is 15.8. The Kier molecular flexibility index (Phi) is 7.39. The summed E-state index contributed by atoms with van der Waals surface area (Å²) in [5.74, 6) is 0.0436. The first kappa shape index (κ1) is 19.7. The molecule has 2 amide bonds. The molecule has 1 N–H and O–H groups in total. The van der Waals surface area contributed by atoms with Gasteiger partial charge in [-0.2, -0.15) is 0 Å². The van der Waals surface area contributed by atoms with Crippen LogP contribution < -0.4 is 5.32 Å². The van der Waals surface area contributed by atoms with Crippen LogP contribution in [0, 0.1) is 0 Å². The summed E-state index contributed by atoms with van der Waals surface area (Å²) in [4.78, 5) is 25.9. The second kappa shape index (κ2) is 9.76. The molecule has 0 unspecified atom stereocenters. The van der Waals surface area contributed by atoms with E-state index in [4.69, 9.17) is 0 Å². The maximum Gasteiger partial charge on any atom is 0.221 e. The summed E-state index contributed by atoms with van der Waals surface area (Å²) in [5.41, 5.74) is 2.25. The first-order chi connectivity index (χ1) is 12.5. The van der Waals surface area contributed by atoms with Gasteiger partial charge in [-0.15, -0.1) is 0 Å². The monoisotopic (exact) mass is 352 g/mol. The van der Waals surface area contributed by atoms with E-state index < -0.39 is 0 Å². The van der Waals surface area contributed by atoms with Crippen molar-refractivity contribution in [1.82, 2.24) is 10.2 Å². The third kappa shape index (κ3) is 5.73. The first-order valence-electron chi connectivity index (χ1n) is 9.13. The number of rotatable bonds is 8. The number of carbonyl (C=O) groups excluding carboxylic acids is 2. The van der Waals surface area contributed by atoms with Gasteiger partial charge in [0.1, 0.15) is 0 Å². The second-order valence-electron chi connectivity index (χ2n) is 6.73. The van der Waals surface area contributed by atoms with E-state index in [1.165, 1.54) is 0 Å². The van der Waals surface area contributed by atoms with Crippen molar-refractivity contribution in [2.24, 2.45) is 0 Å². The zero-order chi connectivity index (χ0) is 18.9. The van der Waals surface area contributed by atoms with E-state index >= 15 is 0 Å². The van der Waals surface area contributed by atoms with E-state index in [0.29, 0.717) is 19.5 Å². The van der Waals surface area contributed by atoms with Gasteiger partial charge in [0.05, 0.1) is 0 Å². The van der Waals surface area contributed by atoms with E-state index in [1.807, 2.05) is 50.2 Å². The number of nitrogens with one attached hydrogen (secondary N) is 1. The largest absolute Gasteiger partial charge is 0.354 e. The maximum absolute atomic E-state index is 12.5. The molecule has 0 saturated heterocycles. The van der Waals surface area contributed by atoms with Crippen molar-refractivity contribution in [2.75, 3.05) is 13.1 Å². The molecule has 0 spiro atoms. The Bertz CT molecular complexity index is 659. The molecule has 2 aromatic rings. The van der Waals surface area contributed by atoms with Gasteiger partial charge < -0.3 is 10.2 Å². The minimum absolute atomic E-state index is 0.00466. The molecule has 0 aliphatic rings. The predicted octanol–water partition coefficient (Wildman–Crippen LogP) is 3.58. The molecule has 0 heterocycles. The normalized spacial score (nSPS) is 10.8. The number of amides is 2. The highest BCUT2D eigenvalue weighted by molar-refractivity contribution is 5.78. The smallest absolute Gasteiger partial charge is 0.221 e. The van der Waals surface area contributed by atoms with Crippen LogP contribution in [0.4, 0.5) is 0 Å². The van der Waals surface area contributed by atoms with Crippen molar-refractivity contribution in [3.63, 3.8) is 0 Å². The Labute approximate surface area is 156 Å². The molecule has 0 atom stereocenters. The van der Waals surface area contributed by atoms with Gasteiger partial charge in [-0.1, -0.05) is 60.7 Å². The average molecular weight is 352 g/mol. The minimum atomic E-state index is -0.00466. The first-order valence-corrected chi connectivity index (χ1v) is 9.13. The van der Waals surface area contributed by atoms with Gasteiger partial charge in [-0.05, 0) is 25.0 Å². The van der Waals surface area contributed by atoms with Crippen molar-refractivity contribution in [2.45, 2.75) is 39.2 Å². The van der Waals surface area contributed by atoms with Gasteiger partial charge in [0.2, 0.25) is 11.8 Å². The molecule has 0 aromatic heterocycles. The topological polar surface area (TPSA) is 49.4 Å². The van der Waals surface area contributed by atoms with Crippen molar-refractivity contribution in [3.8, 4) is 0 Å². The molecule has 0 saturated carbocycles. The third-order valence-corrected chi connectivity index (χ3v) is 4.50. The van der Waals surface area contributed by atoms with Crippen molar-refractivity contribution >= 4 is 11.8 Å². The van der Waals surface area contributed by atoms with Gasteiger partial charge in [0, 0.05) is 38.4 Å². The van der Waals surface area contributed by atoms with E-state index in [0.717, 1.165) is 11.1 Å². The number of carbonyl (C=O) groups is 2. The maximum atomic E-state index is 12.5. The lowest BCUT2D eigenvalue weighted by atomic mass is 9.88. The summed E-state index contributed by atoms with van der Waals surface area (Å²) in [6, 6.07) is 20.3. The number of hydrogen-bond donors (Lipinski definition) is 1. The van der Waals surface area contributed by atoms with E-state index in [2.05, 4.69) is 29.6 Å². The Morgan fingerprint density at radius 3 is 1.85 bits per heavy atom. The molecule has 0 aliphatic carbocycles. The third-order valence-electron chi connectivity index (χ3n) is 4.50. The number of benzene rings is 2. The van der Waals surface area contributed by atoms with Gasteiger partial charge in [0.15, 0.2) is 0 Å². The molecule has 0 radical (unpaired) electrons.